The smallest absolute Gasteiger partial charge is 0.191 e. The van der Waals surface area contributed by atoms with E-state index >= 15 is 0 Å². The molecule has 0 spiro atoms. The minimum Gasteiger partial charge on any atom is -0.379 e. The first kappa shape index (κ1) is 18.0. The summed E-state index contributed by atoms with van der Waals surface area (Å²) in [5, 5.41) is 0. The Labute approximate surface area is 128 Å². The summed E-state index contributed by atoms with van der Waals surface area (Å²) in [6, 6.07) is 0. The van der Waals surface area contributed by atoms with E-state index in [2.05, 4.69) is 30.7 Å². The molecule has 0 aromatic heterocycles. The van der Waals surface area contributed by atoms with E-state index in [4.69, 9.17) is 10.5 Å². The van der Waals surface area contributed by atoms with Gasteiger partial charge in [-0.05, 0) is 24.7 Å². The van der Waals surface area contributed by atoms with Gasteiger partial charge in [0.2, 0.25) is 0 Å². The minimum absolute atomic E-state index is 0. The maximum atomic E-state index is 6.02. The highest BCUT2D eigenvalue weighted by Crippen LogP contribution is 2.22. The van der Waals surface area contributed by atoms with Gasteiger partial charge in [-0.2, -0.15) is 0 Å². The number of rotatable bonds is 3. The number of halogens is 1. The first-order valence-electron chi connectivity index (χ1n) is 6.53. The Kier molecular flexibility index (Phi) is 8.18. The number of nitrogens with two attached hydrogens (primary N) is 1. The van der Waals surface area contributed by atoms with Crippen LogP contribution in [0.25, 0.3) is 0 Å². The van der Waals surface area contributed by atoms with Crippen molar-refractivity contribution < 1.29 is 4.74 Å². The maximum Gasteiger partial charge on any atom is 0.191 e. The van der Waals surface area contributed by atoms with Crippen LogP contribution in [0.15, 0.2) is 4.99 Å². The van der Waals surface area contributed by atoms with E-state index < -0.39 is 0 Å². The molecule has 1 fully saturated rings. The third kappa shape index (κ3) is 5.73. The molecule has 1 aliphatic rings. The Morgan fingerprint density at radius 1 is 1.28 bits per heavy atom. The molecule has 108 valence electrons. The summed E-state index contributed by atoms with van der Waals surface area (Å²) in [4.78, 5) is 6.66. The Balaban J connectivity index is 0.00000289. The average molecular weight is 369 g/mol. The lowest BCUT2D eigenvalue weighted by molar-refractivity contribution is 0.0240. The molecule has 0 aliphatic carbocycles. The Morgan fingerprint density at radius 3 is 2.28 bits per heavy atom. The minimum atomic E-state index is 0. The van der Waals surface area contributed by atoms with Crippen LogP contribution >= 0.6 is 24.0 Å². The molecule has 18 heavy (non-hydrogen) atoms. The number of piperidine rings is 1. The molecule has 0 bridgehead atoms. The second-order valence-electron chi connectivity index (χ2n) is 5.84. The Hall–Kier alpha value is -0.0400. The lowest BCUT2D eigenvalue weighted by atomic mass is 9.89. The lowest BCUT2D eigenvalue weighted by Crippen LogP contribution is -2.42. The van der Waals surface area contributed by atoms with Crippen molar-refractivity contribution in [1.82, 2.24) is 4.90 Å². The number of likely N-dealkylation sites (tertiary alicyclic amines) is 1. The highest BCUT2D eigenvalue weighted by Gasteiger charge is 2.24. The van der Waals surface area contributed by atoms with Crippen molar-refractivity contribution in [3.05, 3.63) is 0 Å². The van der Waals surface area contributed by atoms with E-state index in [1.165, 1.54) is 19.3 Å². The van der Waals surface area contributed by atoms with Gasteiger partial charge in [-0.3, -0.25) is 4.99 Å². The van der Waals surface area contributed by atoms with E-state index in [-0.39, 0.29) is 35.5 Å². The molecule has 1 rings (SSSR count). The highest BCUT2D eigenvalue weighted by atomic mass is 127. The van der Waals surface area contributed by atoms with Crippen LogP contribution in [0.2, 0.25) is 0 Å². The number of methoxy groups -OCH3 is 1. The number of ether oxygens (including phenoxy) is 1. The molecule has 1 saturated heterocycles. The number of guanidine groups is 1. The summed E-state index contributed by atoms with van der Waals surface area (Å²) in [6.45, 7) is 9.21. The number of aliphatic imine (C=N–C) groups is 1. The molecule has 1 aliphatic heterocycles. The monoisotopic (exact) mass is 369 g/mol. The molecule has 0 saturated carbocycles. The quantitative estimate of drug-likeness (QED) is 0.472. The van der Waals surface area contributed by atoms with Crippen LogP contribution in [0.3, 0.4) is 0 Å². The van der Waals surface area contributed by atoms with Crippen LogP contribution in [0, 0.1) is 5.41 Å². The van der Waals surface area contributed by atoms with Crippen LogP contribution in [0.4, 0.5) is 0 Å². The van der Waals surface area contributed by atoms with Crippen molar-refractivity contribution in [1.29, 1.82) is 0 Å². The number of hydrogen-bond acceptors (Lipinski definition) is 2. The SMILES string of the molecule is COC(CN=C(N)N1CCCCC1)C(C)(C)C.I. The largest absolute Gasteiger partial charge is 0.379 e. The van der Waals surface area contributed by atoms with E-state index in [1.54, 1.807) is 7.11 Å². The molecule has 2 N–H and O–H groups in total. The molecular formula is C13H28IN3O. The van der Waals surface area contributed by atoms with Crippen LogP contribution in [-0.2, 0) is 4.74 Å². The standard InChI is InChI=1S/C13H27N3O.HI/c1-13(2,3)11(17-4)10-15-12(14)16-8-6-5-7-9-16;/h11H,5-10H2,1-4H3,(H2,14,15);1H. The predicted molar refractivity (Wildman–Crippen MR) is 87.6 cm³/mol. The van der Waals surface area contributed by atoms with Crippen molar-refractivity contribution in [2.75, 3.05) is 26.7 Å². The second-order valence-corrected chi connectivity index (χ2v) is 5.84. The van der Waals surface area contributed by atoms with Crippen LogP contribution in [-0.4, -0.2) is 43.7 Å². The highest BCUT2D eigenvalue weighted by molar-refractivity contribution is 14.0. The molecule has 0 radical (unpaired) electrons. The maximum absolute atomic E-state index is 6.02. The van der Waals surface area contributed by atoms with Crippen molar-refractivity contribution in [2.24, 2.45) is 16.1 Å². The van der Waals surface area contributed by atoms with Gasteiger partial charge in [-0.1, -0.05) is 20.8 Å². The van der Waals surface area contributed by atoms with Gasteiger partial charge in [0, 0.05) is 20.2 Å². The zero-order valence-corrected chi connectivity index (χ0v) is 14.4. The molecule has 5 heteroatoms. The Morgan fingerprint density at radius 2 is 1.83 bits per heavy atom. The fraction of sp³-hybridized carbons (Fsp3) is 0.923. The summed E-state index contributed by atoms with van der Waals surface area (Å²) < 4.78 is 5.47. The van der Waals surface area contributed by atoms with E-state index in [1.807, 2.05) is 0 Å². The fourth-order valence-electron chi connectivity index (χ4n) is 2.10. The summed E-state index contributed by atoms with van der Waals surface area (Å²) in [6.07, 6.45) is 3.88. The van der Waals surface area contributed by atoms with Crippen LogP contribution in [0.1, 0.15) is 40.0 Å². The predicted octanol–water partition coefficient (Wildman–Crippen LogP) is 2.47. The molecule has 4 nitrogen and oxygen atoms in total. The molecule has 1 unspecified atom stereocenters. The summed E-state index contributed by atoms with van der Waals surface area (Å²) >= 11 is 0. The Bertz CT molecular complexity index is 257. The molecule has 0 aromatic carbocycles. The third-order valence-electron chi connectivity index (χ3n) is 3.35. The first-order chi connectivity index (χ1) is 7.95. The van der Waals surface area contributed by atoms with Gasteiger partial charge in [0.25, 0.3) is 0 Å². The van der Waals surface area contributed by atoms with Crippen molar-refractivity contribution in [3.8, 4) is 0 Å². The fourth-order valence-corrected chi connectivity index (χ4v) is 2.10. The van der Waals surface area contributed by atoms with E-state index in [0.717, 1.165) is 13.1 Å². The summed E-state index contributed by atoms with van der Waals surface area (Å²) in [7, 11) is 1.74. The van der Waals surface area contributed by atoms with Gasteiger partial charge >= 0.3 is 0 Å². The van der Waals surface area contributed by atoms with Crippen molar-refractivity contribution in [3.63, 3.8) is 0 Å². The number of nitrogens with zero attached hydrogens (tertiary/aromatic N) is 2. The molecular weight excluding hydrogens is 341 g/mol. The van der Waals surface area contributed by atoms with E-state index in [0.29, 0.717) is 12.5 Å². The van der Waals surface area contributed by atoms with E-state index in [9.17, 15) is 0 Å². The van der Waals surface area contributed by atoms with Crippen molar-refractivity contribution in [2.45, 2.75) is 46.1 Å². The van der Waals surface area contributed by atoms with Crippen molar-refractivity contribution >= 4 is 29.9 Å². The third-order valence-corrected chi connectivity index (χ3v) is 3.35. The second kappa shape index (κ2) is 8.19. The van der Waals surface area contributed by atoms with Gasteiger partial charge in [0.05, 0.1) is 12.6 Å². The summed E-state index contributed by atoms with van der Waals surface area (Å²) in [5.41, 5.74) is 6.11. The zero-order chi connectivity index (χ0) is 12.9. The summed E-state index contributed by atoms with van der Waals surface area (Å²) in [5.74, 6) is 0.677. The van der Waals surface area contributed by atoms with Crippen LogP contribution in [0.5, 0.6) is 0 Å². The molecule has 0 aromatic rings. The first-order valence-corrected chi connectivity index (χ1v) is 6.53. The number of hydrogen-bond donors (Lipinski definition) is 1. The lowest BCUT2D eigenvalue weighted by Gasteiger charge is -2.30. The van der Waals surface area contributed by atoms with Gasteiger partial charge in [-0.15, -0.1) is 24.0 Å². The molecule has 1 heterocycles. The normalized spacial score (nSPS) is 19.3. The van der Waals surface area contributed by atoms with Crippen LogP contribution < -0.4 is 5.73 Å². The zero-order valence-electron chi connectivity index (χ0n) is 12.1. The van der Waals surface area contributed by atoms with Gasteiger partial charge in [0.15, 0.2) is 5.96 Å². The average Bonchev–Trinajstić information content (AvgIpc) is 2.29. The van der Waals surface area contributed by atoms with Gasteiger partial charge in [0.1, 0.15) is 0 Å². The topological polar surface area (TPSA) is 50.9 Å². The molecule has 1 atom stereocenters. The van der Waals surface area contributed by atoms with Gasteiger partial charge in [-0.25, -0.2) is 0 Å². The molecule has 0 amide bonds. The van der Waals surface area contributed by atoms with Gasteiger partial charge < -0.3 is 15.4 Å².